The highest BCUT2D eigenvalue weighted by atomic mass is 19.1. The van der Waals surface area contributed by atoms with Gasteiger partial charge in [-0.1, -0.05) is 17.3 Å². The average molecular weight is 429 g/mol. The molecule has 0 aliphatic rings. The number of nitro benzene ring substituents is 1. The Bertz CT molecular complexity index is 1180. The number of hydrogen-bond acceptors (Lipinski definition) is 9. The second kappa shape index (κ2) is 8.69. The molecule has 1 aromatic heterocycles. The number of aromatic nitrogens is 2. The zero-order chi connectivity index (χ0) is 22.7. The van der Waals surface area contributed by atoms with Gasteiger partial charge in [-0.15, -0.1) is 0 Å². The van der Waals surface area contributed by atoms with Crippen LogP contribution in [0.15, 0.2) is 40.9 Å². The van der Waals surface area contributed by atoms with Crippen LogP contribution in [-0.2, 0) is 9.47 Å². The molecule has 1 heterocycles. The number of hydrogen-bond donors (Lipinski definition) is 0. The number of nitro groups is 1. The largest absolute Gasteiger partial charge is 0.465 e. The SMILES string of the molecule is COC(=O)c1cc(C(=O)OC(C)c2nc(-c3ccc(C)c(F)c3)no2)cc([N+](=O)[O-])c1. The molecular formula is C20H16FN3O7. The third kappa shape index (κ3) is 4.71. The van der Waals surface area contributed by atoms with Crippen LogP contribution in [0.3, 0.4) is 0 Å². The van der Waals surface area contributed by atoms with Crippen LogP contribution in [0.2, 0.25) is 0 Å². The fourth-order valence-corrected chi connectivity index (χ4v) is 2.60. The highest BCUT2D eigenvalue weighted by Crippen LogP contribution is 2.24. The van der Waals surface area contributed by atoms with Crippen LogP contribution >= 0.6 is 0 Å². The first kappa shape index (κ1) is 21.6. The Morgan fingerprint density at radius 3 is 2.45 bits per heavy atom. The molecule has 11 heteroatoms. The molecule has 0 amide bonds. The summed E-state index contributed by atoms with van der Waals surface area (Å²) in [6.45, 7) is 3.06. The molecule has 160 valence electrons. The van der Waals surface area contributed by atoms with Gasteiger partial charge in [-0.25, -0.2) is 14.0 Å². The number of halogens is 1. The maximum atomic E-state index is 13.8. The minimum absolute atomic E-state index is 0.0667. The number of carbonyl (C=O) groups excluding carboxylic acids is 2. The third-order valence-corrected chi connectivity index (χ3v) is 4.29. The molecule has 0 saturated carbocycles. The monoisotopic (exact) mass is 429 g/mol. The van der Waals surface area contributed by atoms with Crippen molar-refractivity contribution >= 4 is 17.6 Å². The standard InChI is InChI=1S/C20H16FN3O7/c1-10-4-5-12(9-16(10)21)17-22-18(31-23-17)11(2)30-20(26)14-6-13(19(25)29-3)7-15(8-14)24(27)28/h4-9,11H,1-3H3. The molecule has 2 aromatic carbocycles. The van der Waals surface area contributed by atoms with Gasteiger partial charge >= 0.3 is 11.9 Å². The van der Waals surface area contributed by atoms with Crippen LogP contribution in [0.4, 0.5) is 10.1 Å². The van der Waals surface area contributed by atoms with Gasteiger partial charge in [0.1, 0.15) is 5.82 Å². The summed E-state index contributed by atoms with van der Waals surface area (Å²) in [7, 11) is 1.11. The molecule has 0 saturated heterocycles. The van der Waals surface area contributed by atoms with Crippen LogP contribution in [-0.4, -0.2) is 34.1 Å². The second-order valence-electron chi connectivity index (χ2n) is 6.48. The van der Waals surface area contributed by atoms with Crippen LogP contribution < -0.4 is 0 Å². The minimum atomic E-state index is -1.02. The highest BCUT2D eigenvalue weighted by molar-refractivity contribution is 5.96. The lowest BCUT2D eigenvalue weighted by molar-refractivity contribution is -0.384. The van der Waals surface area contributed by atoms with Gasteiger partial charge in [-0.3, -0.25) is 10.1 Å². The number of methoxy groups -OCH3 is 1. The van der Waals surface area contributed by atoms with E-state index in [-0.39, 0.29) is 22.8 Å². The third-order valence-electron chi connectivity index (χ3n) is 4.29. The Hall–Kier alpha value is -4.15. The molecule has 0 fully saturated rings. The first-order valence-corrected chi connectivity index (χ1v) is 8.88. The lowest BCUT2D eigenvalue weighted by Crippen LogP contribution is -2.12. The Balaban J connectivity index is 1.81. The van der Waals surface area contributed by atoms with Crippen molar-refractivity contribution < 1.29 is 32.9 Å². The fourth-order valence-electron chi connectivity index (χ4n) is 2.60. The zero-order valence-corrected chi connectivity index (χ0v) is 16.6. The molecule has 31 heavy (non-hydrogen) atoms. The van der Waals surface area contributed by atoms with Crippen molar-refractivity contribution in [2.24, 2.45) is 0 Å². The summed E-state index contributed by atoms with van der Waals surface area (Å²) in [4.78, 5) is 38.7. The van der Waals surface area contributed by atoms with Crippen molar-refractivity contribution in [1.82, 2.24) is 10.1 Å². The van der Waals surface area contributed by atoms with Gasteiger partial charge < -0.3 is 14.0 Å². The Kier molecular flexibility index (Phi) is 6.05. The van der Waals surface area contributed by atoms with E-state index in [9.17, 15) is 24.1 Å². The lowest BCUT2D eigenvalue weighted by atomic mass is 10.1. The fraction of sp³-hybridized carbons (Fsp3) is 0.200. The zero-order valence-electron chi connectivity index (χ0n) is 16.6. The Morgan fingerprint density at radius 2 is 1.84 bits per heavy atom. The van der Waals surface area contributed by atoms with Crippen LogP contribution in [0.1, 0.15) is 45.2 Å². The molecule has 0 aliphatic heterocycles. The number of benzene rings is 2. The number of carbonyl (C=O) groups is 2. The number of aryl methyl sites for hydroxylation is 1. The summed E-state index contributed by atoms with van der Waals surface area (Å²) < 4.78 is 28.6. The summed E-state index contributed by atoms with van der Waals surface area (Å²) in [5.74, 6) is -2.21. The summed E-state index contributed by atoms with van der Waals surface area (Å²) >= 11 is 0. The van der Waals surface area contributed by atoms with Crippen molar-refractivity contribution in [2.75, 3.05) is 7.11 Å². The summed E-state index contributed by atoms with van der Waals surface area (Å²) in [6.07, 6.45) is -1.02. The van der Waals surface area contributed by atoms with Gasteiger partial charge in [-0.05, 0) is 31.5 Å². The number of ether oxygens (including phenoxy) is 2. The molecule has 0 bridgehead atoms. The maximum Gasteiger partial charge on any atom is 0.339 e. The van der Waals surface area contributed by atoms with Gasteiger partial charge in [0.05, 0.1) is 23.2 Å². The molecular weight excluding hydrogens is 413 g/mol. The molecule has 0 aliphatic carbocycles. The van der Waals surface area contributed by atoms with Crippen molar-refractivity contribution in [3.63, 3.8) is 0 Å². The lowest BCUT2D eigenvalue weighted by Gasteiger charge is -2.10. The molecule has 1 unspecified atom stereocenters. The predicted molar refractivity (Wildman–Crippen MR) is 103 cm³/mol. The first-order chi connectivity index (χ1) is 14.7. The molecule has 0 spiro atoms. The van der Waals surface area contributed by atoms with E-state index in [2.05, 4.69) is 14.9 Å². The van der Waals surface area contributed by atoms with Gasteiger partial charge in [0.2, 0.25) is 5.82 Å². The minimum Gasteiger partial charge on any atom is -0.465 e. The van der Waals surface area contributed by atoms with E-state index in [1.165, 1.54) is 13.0 Å². The number of rotatable bonds is 6. The predicted octanol–water partition coefficient (Wildman–Crippen LogP) is 3.80. The van der Waals surface area contributed by atoms with E-state index in [1.807, 2.05) is 0 Å². The van der Waals surface area contributed by atoms with Crippen molar-refractivity contribution in [3.8, 4) is 11.4 Å². The quantitative estimate of drug-likeness (QED) is 0.326. The molecule has 10 nitrogen and oxygen atoms in total. The van der Waals surface area contributed by atoms with Gasteiger partial charge in [0.25, 0.3) is 11.6 Å². The second-order valence-corrected chi connectivity index (χ2v) is 6.48. The van der Waals surface area contributed by atoms with E-state index in [0.29, 0.717) is 11.1 Å². The van der Waals surface area contributed by atoms with Crippen molar-refractivity contribution in [2.45, 2.75) is 20.0 Å². The maximum absolute atomic E-state index is 13.8. The van der Waals surface area contributed by atoms with Crippen molar-refractivity contribution in [3.05, 3.63) is 74.9 Å². The van der Waals surface area contributed by atoms with Gasteiger partial charge in [-0.2, -0.15) is 4.98 Å². The summed E-state index contributed by atoms with van der Waals surface area (Å²) in [5.41, 5.74) is -0.0698. The van der Waals surface area contributed by atoms with E-state index in [1.54, 1.807) is 19.1 Å². The number of nitrogens with zero attached hydrogens (tertiary/aromatic N) is 3. The van der Waals surface area contributed by atoms with Crippen LogP contribution in [0, 0.1) is 22.9 Å². The topological polar surface area (TPSA) is 135 Å². The molecule has 0 radical (unpaired) electrons. The van der Waals surface area contributed by atoms with E-state index >= 15 is 0 Å². The summed E-state index contributed by atoms with van der Waals surface area (Å²) in [5, 5.41) is 14.9. The smallest absolute Gasteiger partial charge is 0.339 e. The number of esters is 2. The normalized spacial score (nSPS) is 11.6. The summed E-state index contributed by atoms with van der Waals surface area (Å²) in [6, 6.07) is 7.49. The molecule has 1 atom stereocenters. The van der Waals surface area contributed by atoms with Crippen molar-refractivity contribution in [1.29, 1.82) is 0 Å². The van der Waals surface area contributed by atoms with Crippen LogP contribution in [0.25, 0.3) is 11.4 Å². The van der Waals surface area contributed by atoms with E-state index < -0.39 is 34.5 Å². The van der Waals surface area contributed by atoms with Crippen LogP contribution in [0.5, 0.6) is 0 Å². The van der Waals surface area contributed by atoms with E-state index in [0.717, 1.165) is 25.3 Å². The average Bonchev–Trinajstić information content (AvgIpc) is 3.25. The highest BCUT2D eigenvalue weighted by Gasteiger charge is 2.24. The molecule has 3 aromatic rings. The van der Waals surface area contributed by atoms with Gasteiger partial charge in [0.15, 0.2) is 6.10 Å². The molecule has 0 N–H and O–H groups in total. The number of non-ortho nitro benzene ring substituents is 1. The van der Waals surface area contributed by atoms with E-state index in [4.69, 9.17) is 9.26 Å². The van der Waals surface area contributed by atoms with Gasteiger partial charge in [0, 0.05) is 17.7 Å². The Labute approximate surface area is 174 Å². The first-order valence-electron chi connectivity index (χ1n) is 8.88. The Morgan fingerprint density at radius 1 is 1.16 bits per heavy atom. The molecule has 3 rings (SSSR count).